The molecule has 0 aromatic rings. The lowest BCUT2D eigenvalue weighted by molar-refractivity contribution is -0.129. The maximum Gasteiger partial charge on any atom is 0.0543 e. The van der Waals surface area contributed by atoms with Gasteiger partial charge in [0.25, 0.3) is 0 Å². The Morgan fingerprint density at radius 2 is 1.73 bits per heavy atom. The molecule has 0 spiro atoms. The maximum atomic E-state index is 10.3. The Hall–Kier alpha value is 0.660. The normalized spacial score (nSPS) is 54.3. The summed E-state index contributed by atoms with van der Waals surface area (Å²) in [6, 6.07) is 0. The number of rotatable bonds is 4. The molecule has 1 nitrogen and oxygen atoms in total. The van der Waals surface area contributed by atoms with Crippen molar-refractivity contribution in [3.05, 3.63) is 0 Å². The van der Waals surface area contributed by atoms with Gasteiger partial charge in [-0.25, -0.2) is 0 Å². The molecule has 5 fully saturated rings. The molecule has 0 amide bonds. The molecule has 0 aromatic carbocycles. The number of hydrogen-bond donors (Lipinski definition) is 1. The third-order valence-electron chi connectivity index (χ3n) is 11.2. The van der Waals surface area contributed by atoms with Crippen LogP contribution in [0.25, 0.3) is 0 Å². The van der Waals surface area contributed by atoms with E-state index in [0.717, 1.165) is 58.2 Å². The van der Waals surface area contributed by atoms with Gasteiger partial charge in [-0.2, -0.15) is 0 Å². The van der Waals surface area contributed by atoms with Crippen molar-refractivity contribution in [2.24, 2.45) is 46.3 Å². The Bertz CT molecular complexity index is 624. The zero-order chi connectivity index (χ0) is 21.1. The molecule has 172 valence electrons. The first-order chi connectivity index (χ1) is 14.3. The van der Waals surface area contributed by atoms with Gasteiger partial charge < -0.3 is 5.11 Å². The van der Waals surface area contributed by atoms with Crippen LogP contribution in [0, 0.1) is 46.3 Å². The van der Waals surface area contributed by atoms with E-state index < -0.39 is 0 Å². The lowest BCUT2D eigenvalue weighted by Crippen LogP contribution is -2.54. The van der Waals surface area contributed by atoms with Gasteiger partial charge in [-0.1, -0.05) is 27.7 Å². The number of fused-ring (bicyclic) bond motifs is 5. The predicted octanol–water partition coefficient (Wildman–Crippen LogP) is 7.62. The molecule has 0 radical (unpaired) electrons. The summed E-state index contributed by atoms with van der Waals surface area (Å²) in [5.74, 6) is 6.96. The minimum atomic E-state index is -0.00984. The molecule has 1 N–H and O–H groups in total. The number of hydrogen-bond acceptors (Lipinski definition) is 3. The fraction of sp³-hybridized carbons (Fsp3) is 1.00. The number of aliphatic hydroxyl groups is 1. The lowest BCUT2D eigenvalue weighted by Gasteiger charge is -2.61. The predicted molar refractivity (Wildman–Crippen MR) is 133 cm³/mol. The summed E-state index contributed by atoms with van der Waals surface area (Å²) in [6.45, 7) is 10.4. The zero-order valence-electron chi connectivity index (χ0n) is 19.9. The van der Waals surface area contributed by atoms with Gasteiger partial charge in [-0.15, -0.1) is 23.5 Å². The molecule has 11 atom stereocenters. The van der Waals surface area contributed by atoms with Gasteiger partial charge in [0.15, 0.2) is 0 Å². The highest BCUT2D eigenvalue weighted by Crippen LogP contribution is 2.68. The van der Waals surface area contributed by atoms with Crippen molar-refractivity contribution in [2.45, 2.75) is 114 Å². The molecule has 1 heterocycles. The molecule has 0 aromatic heterocycles. The second-order valence-corrected chi connectivity index (χ2v) is 15.8. The standard InChI is InChI=1S/C27H46OS2/c1-17(5-10-25-29-16-18(2)30-25)22-8-9-23-21-7-6-19-15-20(28)11-13-26(19,3)24(21)12-14-27(22,23)4/h17-25,28H,5-16H2,1-4H3/t17-,18?,19-,20-,21+,22-,23+,24+,25?,26+,27-/m1/s1. The van der Waals surface area contributed by atoms with Crippen molar-refractivity contribution in [1.82, 2.24) is 0 Å². The lowest BCUT2D eigenvalue weighted by atomic mass is 9.44. The minimum Gasteiger partial charge on any atom is -0.393 e. The van der Waals surface area contributed by atoms with Crippen LogP contribution in [0.2, 0.25) is 0 Å². The summed E-state index contributed by atoms with van der Waals surface area (Å²) in [4.78, 5) is 0. The Morgan fingerprint density at radius 1 is 0.967 bits per heavy atom. The quantitative estimate of drug-likeness (QED) is 0.476. The summed E-state index contributed by atoms with van der Waals surface area (Å²) in [6.07, 6.45) is 15.2. The highest BCUT2D eigenvalue weighted by atomic mass is 32.2. The van der Waals surface area contributed by atoms with Gasteiger partial charge in [0.05, 0.1) is 10.7 Å². The molecular formula is C27H46OS2. The monoisotopic (exact) mass is 450 g/mol. The number of aliphatic hydroxyl groups excluding tert-OH is 1. The van der Waals surface area contributed by atoms with Crippen molar-refractivity contribution < 1.29 is 5.11 Å². The van der Waals surface area contributed by atoms with Crippen LogP contribution < -0.4 is 0 Å². The largest absolute Gasteiger partial charge is 0.393 e. The van der Waals surface area contributed by atoms with Crippen molar-refractivity contribution in [3.63, 3.8) is 0 Å². The van der Waals surface area contributed by atoms with E-state index >= 15 is 0 Å². The molecule has 2 unspecified atom stereocenters. The van der Waals surface area contributed by atoms with Crippen LogP contribution in [0.4, 0.5) is 0 Å². The maximum absolute atomic E-state index is 10.3. The van der Waals surface area contributed by atoms with Crippen LogP contribution >= 0.6 is 23.5 Å². The van der Waals surface area contributed by atoms with E-state index in [9.17, 15) is 5.11 Å². The van der Waals surface area contributed by atoms with Crippen LogP contribution in [0.1, 0.15) is 98.3 Å². The van der Waals surface area contributed by atoms with Gasteiger partial charge in [-0.3, -0.25) is 0 Å². The Balaban J connectivity index is 1.26. The summed E-state index contributed by atoms with van der Waals surface area (Å²) in [5.41, 5.74) is 1.14. The summed E-state index contributed by atoms with van der Waals surface area (Å²) < 4.78 is 0.875. The average Bonchev–Trinajstić information content (AvgIpc) is 3.29. The van der Waals surface area contributed by atoms with Crippen LogP contribution in [-0.4, -0.2) is 26.8 Å². The molecule has 4 aliphatic carbocycles. The fourth-order valence-corrected chi connectivity index (χ4v) is 12.8. The van der Waals surface area contributed by atoms with Gasteiger partial charge in [0.1, 0.15) is 0 Å². The second kappa shape index (κ2) is 8.46. The first-order valence-electron chi connectivity index (χ1n) is 13.3. The number of thioether (sulfide) groups is 2. The smallest absolute Gasteiger partial charge is 0.0543 e. The van der Waals surface area contributed by atoms with Gasteiger partial charge >= 0.3 is 0 Å². The van der Waals surface area contributed by atoms with Crippen LogP contribution in [0.5, 0.6) is 0 Å². The van der Waals surface area contributed by atoms with Crippen LogP contribution in [0.15, 0.2) is 0 Å². The summed E-state index contributed by atoms with van der Waals surface area (Å²) in [5, 5.41) is 11.2. The van der Waals surface area contributed by atoms with Gasteiger partial charge in [0, 0.05) is 11.0 Å². The van der Waals surface area contributed by atoms with Gasteiger partial charge in [-0.05, 0) is 117 Å². The zero-order valence-corrected chi connectivity index (χ0v) is 21.6. The van der Waals surface area contributed by atoms with E-state index in [0.29, 0.717) is 10.8 Å². The van der Waals surface area contributed by atoms with Crippen molar-refractivity contribution in [3.8, 4) is 0 Å². The minimum absolute atomic E-state index is 0.00984. The molecule has 5 rings (SSSR count). The van der Waals surface area contributed by atoms with E-state index in [4.69, 9.17) is 0 Å². The molecule has 3 heteroatoms. The SMILES string of the molecule is CC1CSC(CC[C@@H](C)[C@H]2CC[C@H]3[C@@H]4CC[C@@H]5C[C@H](O)CC[C@]5(C)[C@H]4CC[C@]23C)S1. The molecule has 5 aliphatic rings. The molecule has 0 bridgehead atoms. The summed E-state index contributed by atoms with van der Waals surface area (Å²) in [7, 11) is 0. The van der Waals surface area contributed by atoms with Crippen molar-refractivity contribution >= 4 is 23.5 Å². The fourth-order valence-electron chi connectivity index (χ4n) is 9.54. The molecule has 1 saturated heterocycles. The molecule has 4 saturated carbocycles. The highest BCUT2D eigenvalue weighted by molar-refractivity contribution is 8.20. The van der Waals surface area contributed by atoms with E-state index in [2.05, 4.69) is 51.2 Å². The Labute approximate surface area is 194 Å². The third kappa shape index (κ3) is 3.73. The highest BCUT2D eigenvalue weighted by Gasteiger charge is 2.60. The van der Waals surface area contributed by atoms with Gasteiger partial charge in [0.2, 0.25) is 0 Å². The average molecular weight is 451 g/mol. The van der Waals surface area contributed by atoms with E-state index in [1.165, 1.54) is 63.5 Å². The van der Waals surface area contributed by atoms with E-state index in [-0.39, 0.29) is 6.10 Å². The van der Waals surface area contributed by atoms with Crippen LogP contribution in [0.3, 0.4) is 0 Å². The molecular weight excluding hydrogens is 404 g/mol. The molecule has 1 aliphatic heterocycles. The summed E-state index contributed by atoms with van der Waals surface area (Å²) >= 11 is 4.47. The first-order valence-corrected chi connectivity index (χ1v) is 15.3. The Morgan fingerprint density at radius 3 is 2.50 bits per heavy atom. The van der Waals surface area contributed by atoms with E-state index in [1.54, 1.807) is 0 Å². The topological polar surface area (TPSA) is 20.2 Å². The van der Waals surface area contributed by atoms with Crippen molar-refractivity contribution in [1.29, 1.82) is 0 Å². The molecule has 30 heavy (non-hydrogen) atoms. The third-order valence-corrected chi connectivity index (χ3v) is 14.6. The van der Waals surface area contributed by atoms with Crippen molar-refractivity contribution in [2.75, 3.05) is 5.75 Å². The van der Waals surface area contributed by atoms with E-state index in [1.807, 2.05) is 0 Å². The second-order valence-electron chi connectivity index (χ2n) is 12.6. The Kier molecular flexibility index (Phi) is 6.33. The van der Waals surface area contributed by atoms with Crippen LogP contribution in [-0.2, 0) is 0 Å². The first kappa shape index (κ1) is 22.5.